The number of esters is 2. The van der Waals surface area contributed by atoms with Crippen molar-refractivity contribution in [2.75, 3.05) is 27.8 Å². The van der Waals surface area contributed by atoms with Gasteiger partial charge in [0.2, 0.25) is 12.2 Å². The number of hydrogen-bond donors (Lipinski definition) is 11. The van der Waals surface area contributed by atoms with E-state index in [4.69, 9.17) is 58.6 Å². The van der Waals surface area contributed by atoms with Gasteiger partial charge in [0.05, 0.1) is 49.2 Å². The summed E-state index contributed by atoms with van der Waals surface area (Å²) in [5, 5.41) is 86.3. The summed E-state index contributed by atoms with van der Waals surface area (Å²) in [6, 6.07) is 0.634. The summed E-state index contributed by atoms with van der Waals surface area (Å²) >= 11 is 4.43. The number of pyridine rings is 1. The lowest BCUT2D eigenvalue weighted by Crippen LogP contribution is -2.62. The zero-order valence-electron chi connectivity index (χ0n) is 55.6. The lowest BCUT2D eigenvalue weighted by molar-refractivity contribution is -0.280. The third-order valence-electron chi connectivity index (χ3n) is 17.8. The molecule has 15 unspecified atom stereocenters. The number of nitrogens with two attached hydrogens (primary N) is 1. The number of likely N-dealkylation sites (N-methyl/N-ethyl adjacent to an activating group) is 1. The Morgan fingerprint density at radius 2 is 1.46 bits per heavy atom. The molecule has 0 radical (unpaired) electrons. The molecule has 544 valence electrons. The van der Waals surface area contributed by atoms with Gasteiger partial charge >= 0.3 is 11.9 Å². The number of hydrogen-bond acceptors (Lipinski definition) is 33. The zero-order valence-corrected chi connectivity index (χ0v) is 59.7. The summed E-state index contributed by atoms with van der Waals surface area (Å²) in [5.74, 6) is -7.17. The zero-order chi connectivity index (χ0) is 73.4. The smallest absolute Gasteiger partial charge is 0.358 e. The number of cyclic esters (lactones) is 2. The number of nitrogens with one attached hydrogen (secondary N) is 4. The number of benzene rings is 1. The van der Waals surface area contributed by atoms with Crippen LogP contribution in [0.5, 0.6) is 5.75 Å². The van der Waals surface area contributed by atoms with Crippen molar-refractivity contribution in [1.82, 2.24) is 60.8 Å². The number of primary amides is 1. The fourth-order valence-corrected chi connectivity index (χ4v) is 17.0. The highest BCUT2D eigenvalue weighted by atomic mass is 32.1. The van der Waals surface area contributed by atoms with Crippen LogP contribution in [0.4, 0.5) is 0 Å². The Bertz CT molecular complexity index is 4700. The first-order valence-electron chi connectivity index (χ1n) is 31.7. The molecule has 12 heterocycles. The molecule has 13 rings (SSSR count). The van der Waals surface area contributed by atoms with Gasteiger partial charge in [0.25, 0.3) is 23.6 Å². The minimum atomic E-state index is -1.93. The number of fused-ring (bicyclic) bond motifs is 15. The van der Waals surface area contributed by atoms with Crippen LogP contribution in [0.25, 0.3) is 49.3 Å². The molecule has 7 aromatic heterocycles. The minimum absolute atomic E-state index is 0.00287. The molecule has 0 spiro atoms. The van der Waals surface area contributed by atoms with Crippen molar-refractivity contribution in [1.29, 1.82) is 0 Å². The van der Waals surface area contributed by atoms with Crippen LogP contribution in [0.15, 0.2) is 56.9 Å². The molecule has 8 aromatic rings. The van der Waals surface area contributed by atoms with E-state index in [-0.39, 0.29) is 116 Å². The second-order valence-electron chi connectivity index (χ2n) is 25.2. The van der Waals surface area contributed by atoms with E-state index in [1.165, 1.54) is 66.9 Å². The maximum atomic E-state index is 15.2. The molecule has 0 saturated carbocycles. The van der Waals surface area contributed by atoms with Gasteiger partial charge in [0.15, 0.2) is 23.8 Å². The predicted molar refractivity (Wildman–Crippen MR) is 364 cm³/mol. The van der Waals surface area contributed by atoms with Crippen LogP contribution in [0, 0.1) is 0 Å². The molecule has 5 aliphatic rings. The number of thiazole rings is 5. The Morgan fingerprint density at radius 3 is 2.17 bits per heavy atom. The van der Waals surface area contributed by atoms with Crippen LogP contribution in [0.3, 0.4) is 0 Å². The lowest BCUT2D eigenvalue weighted by Gasteiger charge is -2.48. The maximum Gasteiger partial charge on any atom is 0.358 e. The number of carbonyl (C=O) groups excluding carboxylic acids is 7. The average Bonchev–Trinajstić information content (AvgIpc) is 1.73. The number of methoxy groups -OCH3 is 1. The number of rotatable bonds is 9. The fourth-order valence-electron chi connectivity index (χ4n) is 12.8. The van der Waals surface area contributed by atoms with Gasteiger partial charge in [-0.2, -0.15) is 4.73 Å². The topological polar surface area (TPSA) is 474 Å². The number of aromatic nitrogens is 7. The Balaban J connectivity index is 1.01. The number of aliphatic hydroxyl groups excluding tert-OH is 4. The van der Waals surface area contributed by atoms with Crippen LogP contribution >= 0.6 is 56.7 Å². The van der Waals surface area contributed by atoms with Gasteiger partial charge in [0, 0.05) is 49.8 Å². The second kappa shape index (κ2) is 29.0. The molecule has 5 aliphatic heterocycles. The molecule has 5 amide bonds. The van der Waals surface area contributed by atoms with E-state index in [9.17, 15) is 45.1 Å². The molecule has 15 atom stereocenters. The van der Waals surface area contributed by atoms with Crippen molar-refractivity contribution >= 4 is 115 Å². The van der Waals surface area contributed by atoms with Crippen molar-refractivity contribution in [2.45, 2.75) is 145 Å². The van der Waals surface area contributed by atoms with E-state index in [0.29, 0.717) is 4.73 Å². The summed E-state index contributed by atoms with van der Waals surface area (Å²) < 4.78 is 50.5. The highest BCUT2D eigenvalue weighted by Crippen LogP contribution is 2.44. The number of nitrogens with zero attached hydrogens (tertiary/aromatic N) is 8. The largest absolute Gasteiger partial charge is 0.499 e. The van der Waals surface area contributed by atoms with Gasteiger partial charge < -0.3 is 101 Å². The molecule has 2 fully saturated rings. The van der Waals surface area contributed by atoms with Crippen LogP contribution in [0.1, 0.15) is 132 Å². The molecule has 1 aromatic carbocycles. The quantitative estimate of drug-likeness (QED) is 0.0562. The van der Waals surface area contributed by atoms with Gasteiger partial charge in [0.1, 0.15) is 132 Å². The lowest BCUT2D eigenvalue weighted by atomic mass is 9.85. The normalized spacial score (nSPS) is 28.0. The summed E-state index contributed by atoms with van der Waals surface area (Å²) in [7, 11) is 4.82. The standard InChI is InChI=1S/C64H67N13O21S5/c1-22(78)39-55(86)74-40(23(2)91-8)58-70-34(21-102-58)54(85)75-43-48-49(98-37-13-64(5,89)50(76(6)7)25(4)95-37)62(88)93-14-26-10-9-11-35-38(26)28(15-92-48)44(77(35)90)61(87)94-16-29(66-52(83)32-20-103-60(43)71-32)57-67-30(17-100-57)41-27(56-69-33(19-99-56)53(84)73-39)12-36(42(72-41)59-68-31(18-101-59)51(65)82)97-63-47(81)46(80)45(79)24(3)96-63/h9-12,17-22,24-25,29,37,39,43,45-50,63,78-81,89-90H,13-16H2,1-8H3,(H2,65,82)(H,66,83)(H,73,84)(H,74,86)(H,75,85). The number of ether oxygens (including phenoxy) is 8. The van der Waals surface area contributed by atoms with Crippen LogP contribution in [-0.2, 0) is 56.0 Å². The average molecular weight is 1510 g/mol. The molecule has 34 nitrogen and oxygen atoms in total. The van der Waals surface area contributed by atoms with Gasteiger partial charge in [-0.25, -0.2) is 39.5 Å². The van der Waals surface area contributed by atoms with E-state index in [1.54, 1.807) is 45.0 Å². The van der Waals surface area contributed by atoms with E-state index in [1.807, 2.05) is 0 Å². The molecule has 12 N–H and O–H groups in total. The van der Waals surface area contributed by atoms with Gasteiger partial charge in [-0.3, -0.25) is 24.0 Å². The molecule has 0 aliphatic carbocycles. The summed E-state index contributed by atoms with van der Waals surface area (Å²) in [6.07, 6.45) is -15.6. The number of amides is 5. The van der Waals surface area contributed by atoms with E-state index in [0.717, 1.165) is 56.7 Å². The Labute approximate surface area is 603 Å². The SMILES string of the molecule is COC(C)=C1NC(=O)C(C(C)O)NC(=O)c2csc(n2)-c2cc(OC3OC(C)C(O)C(O)C3O)c(-c3nc(C(N)=O)cs3)nc2-c2csc(n2)C2COC(=O)c3c4c5c(cccc5n3O)COC(=O)C(OC3CC(C)(O)C(N(C)C)C(C)O3)C(OC4)C(NC(=O)c3csc1n3)c1nc(cs1)C(=O)N2. The van der Waals surface area contributed by atoms with E-state index < -0.39 is 158 Å². The van der Waals surface area contributed by atoms with Gasteiger partial charge in [-0.1, -0.05) is 12.1 Å². The fraction of sp³-hybridized carbons (Fsp3) is 0.422. The molecular formula is C64H67N13O21S5. The maximum absolute atomic E-state index is 15.2. The Kier molecular flexibility index (Phi) is 20.4. The monoisotopic (exact) mass is 1510 g/mol. The number of aliphatic hydroxyl groups is 5. The Morgan fingerprint density at radius 1 is 0.786 bits per heavy atom. The second-order valence-corrected chi connectivity index (χ2v) is 29.5. The third kappa shape index (κ3) is 14.1. The van der Waals surface area contributed by atoms with E-state index >= 15 is 19.2 Å². The Hall–Kier alpha value is -8.91. The highest BCUT2D eigenvalue weighted by molar-refractivity contribution is 7.14. The number of carbonyl (C=O) groups is 7. The van der Waals surface area contributed by atoms with E-state index in [2.05, 4.69) is 36.2 Å². The minimum Gasteiger partial charge on any atom is -0.499 e. The van der Waals surface area contributed by atoms with Gasteiger partial charge in [-0.05, 0) is 66.4 Å². The predicted octanol–water partition coefficient (Wildman–Crippen LogP) is 2.76. The summed E-state index contributed by atoms with van der Waals surface area (Å²) in [4.78, 5) is 133. The molecule has 2 saturated heterocycles. The van der Waals surface area contributed by atoms with Crippen LogP contribution in [0.2, 0.25) is 0 Å². The van der Waals surface area contributed by atoms with Crippen molar-refractivity contribution in [3.05, 3.63) is 112 Å². The first kappa shape index (κ1) is 72.4. The summed E-state index contributed by atoms with van der Waals surface area (Å²) in [5.41, 5.74) is 2.68. The molecule has 39 heteroatoms. The van der Waals surface area contributed by atoms with Gasteiger partial charge in [-0.15, -0.1) is 56.7 Å². The van der Waals surface area contributed by atoms with Crippen molar-refractivity contribution < 1.29 is 102 Å². The molecule has 12 bridgehead atoms. The third-order valence-corrected chi connectivity index (χ3v) is 22.3. The first-order valence-corrected chi connectivity index (χ1v) is 36.1. The summed E-state index contributed by atoms with van der Waals surface area (Å²) in [6.45, 7) is 5.59. The first-order chi connectivity index (χ1) is 49.1. The van der Waals surface area contributed by atoms with Crippen molar-refractivity contribution in [3.8, 4) is 38.4 Å². The molecular weight excluding hydrogens is 1450 g/mol. The number of allylic oxidation sites excluding steroid dienone is 1. The highest BCUT2D eigenvalue weighted by Gasteiger charge is 2.51. The van der Waals surface area contributed by atoms with Crippen LogP contribution < -0.4 is 31.7 Å². The molecule has 103 heavy (non-hydrogen) atoms. The van der Waals surface area contributed by atoms with Crippen LogP contribution in [-0.4, -0.2) is 219 Å². The van der Waals surface area contributed by atoms with Crippen molar-refractivity contribution in [3.63, 3.8) is 0 Å². The van der Waals surface area contributed by atoms with Crippen molar-refractivity contribution in [2.24, 2.45) is 5.73 Å².